The van der Waals surface area contributed by atoms with Gasteiger partial charge >= 0.3 is 0 Å². The Labute approximate surface area is 75.4 Å². The van der Waals surface area contributed by atoms with Gasteiger partial charge < -0.3 is 10.4 Å². The monoisotopic (exact) mass is 171 g/mol. The molecule has 1 heterocycles. The first-order valence-corrected chi connectivity index (χ1v) is 5.12. The van der Waals surface area contributed by atoms with Gasteiger partial charge in [-0.15, -0.1) is 0 Å². The molecular weight excluding hydrogens is 150 g/mol. The summed E-state index contributed by atoms with van der Waals surface area (Å²) in [6, 6.07) is 0. The second kappa shape index (κ2) is 4.83. The highest BCUT2D eigenvalue weighted by molar-refractivity contribution is 4.78. The Bertz CT molecular complexity index is 127. The predicted molar refractivity (Wildman–Crippen MR) is 51.1 cm³/mol. The van der Waals surface area contributed by atoms with Crippen molar-refractivity contribution < 1.29 is 5.11 Å². The summed E-state index contributed by atoms with van der Waals surface area (Å²) in [4.78, 5) is 0. The van der Waals surface area contributed by atoms with Gasteiger partial charge in [-0.2, -0.15) is 0 Å². The molecule has 0 spiro atoms. The van der Waals surface area contributed by atoms with Crippen molar-refractivity contribution in [2.75, 3.05) is 13.1 Å². The number of aliphatic hydroxyl groups excluding tert-OH is 1. The van der Waals surface area contributed by atoms with Gasteiger partial charge in [-0.25, -0.2) is 0 Å². The first kappa shape index (κ1) is 10.0. The minimum atomic E-state index is -0.0553. The molecule has 1 saturated heterocycles. The van der Waals surface area contributed by atoms with Crippen LogP contribution in [0.15, 0.2) is 0 Å². The van der Waals surface area contributed by atoms with Gasteiger partial charge in [0, 0.05) is 6.54 Å². The van der Waals surface area contributed by atoms with Gasteiger partial charge in [0.15, 0.2) is 0 Å². The van der Waals surface area contributed by atoms with E-state index in [0.717, 1.165) is 25.4 Å². The first-order chi connectivity index (χ1) is 5.74. The Balaban J connectivity index is 2.28. The second-order valence-electron chi connectivity index (χ2n) is 4.07. The third-order valence-corrected chi connectivity index (χ3v) is 2.97. The molecule has 0 aromatic heterocycles. The molecule has 2 nitrogen and oxygen atoms in total. The molecule has 1 rings (SSSR count). The van der Waals surface area contributed by atoms with E-state index in [1.165, 1.54) is 12.8 Å². The van der Waals surface area contributed by atoms with Gasteiger partial charge in [0.25, 0.3) is 0 Å². The highest BCUT2D eigenvalue weighted by atomic mass is 16.3. The van der Waals surface area contributed by atoms with E-state index in [1.54, 1.807) is 0 Å². The Kier molecular flexibility index (Phi) is 4.02. The Morgan fingerprint density at radius 2 is 2.33 bits per heavy atom. The molecule has 2 heteroatoms. The number of nitrogens with one attached hydrogen (secondary N) is 1. The highest BCUT2D eigenvalue weighted by Crippen LogP contribution is 2.21. The first-order valence-electron chi connectivity index (χ1n) is 5.12. The largest absolute Gasteiger partial charge is 0.393 e. The smallest absolute Gasteiger partial charge is 0.0592 e. The summed E-state index contributed by atoms with van der Waals surface area (Å²) >= 11 is 0. The zero-order chi connectivity index (χ0) is 8.97. The van der Waals surface area contributed by atoms with Crippen LogP contribution in [-0.2, 0) is 0 Å². The lowest BCUT2D eigenvalue weighted by Gasteiger charge is -2.30. The van der Waals surface area contributed by atoms with Crippen LogP contribution >= 0.6 is 0 Å². The third-order valence-electron chi connectivity index (χ3n) is 2.97. The van der Waals surface area contributed by atoms with Crippen molar-refractivity contribution >= 4 is 0 Å². The molecule has 1 aliphatic rings. The van der Waals surface area contributed by atoms with Crippen LogP contribution in [0.25, 0.3) is 0 Å². The standard InChI is InChI=1S/C10H21NO/c1-3-8(2)6-9-7-11-5-4-10(9)12/h8-12H,3-7H2,1-2H3. The van der Waals surface area contributed by atoms with Crippen molar-refractivity contribution in [3.05, 3.63) is 0 Å². The summed E-state index contributed by atoms with van der Waals surface area (Å²) in [5.74, 6) is 1.25. The molecule has 0 bridgehead atoms. The van der Waals surface area contributed by atoms with Crippen LogP contribution < -0.4 is 5.32 Å². The molecule has 0 amide bonds. The van der Waals surface area contributed by atoms with Crippen LogP contribution in [0.4, 0.5) is 0 Å². The van der Waals surface area contributed by atoms with Crippen LogP contribution in [0.3, 0.4) is 0 Å². The molecule has 1 fully saturated rings. The second-order valence-corrected chi connectivity index (χ2v) is 4.07. The van der Waals surface area contributed by atoms with Crippen molar-refractivity contribution in [2.24, 2.45) is 11.8 Å². The lowest BCUT2D eigenvalue weighted by atomic mass is 9.87. The van der Waals surface area contributed by atoms with Crippen LogP contribution in [0, 0.1) is 11.8 Å². The van der Waals surface area contributed by atoms with Crippen molar-refractivity contribution in [1.29, 1.82) is 0 Å². The van der Waals surface area contributed by atoms with E-state index in [1.807, 2.05) is 0 Å². The van der Waals surface area contributed by atoms with Gasteiger partial charge in [0.2, 0.25) is 0 Å². The van der Waals surface area contributed by atoms with E-state index in [-0.39, 0.29) is 6.10 Å². The Morgan fingerprint density at radius 3 is 2.92 bits per heavy atom. The SMILES string of the molecule is CCC(C)CC1CNCCC1O. The van der Waals surface area contributed by atoms with E-state index >= 15 is 0 Å². The average Bonchev–Trinajstić information content (AvgIpc) is 2.09. The van der Waals surface area contributed by atoms with Crippen molar-refractivity contribution in [3.8, 4) is 0 Å². The number of hydrogen-bond donors (Lipinski definition) is 2. The molecule has 0 aromatic rings. The fourth-order valence-corrected chi connectivity index (χ4v) is 1.83. The fraction of sp³-hybridized carbons (Fsp3) is 1.00. The van der Waals surface area contributed by atoms with Gasteiger partial charge in [0.1, 0.15) is 0 Å². The topological polar surface area (TPSA) is 32.3 Å². The molecular formula is C10H21NO. The van der Waals surface area contributed by atoms with Gasteiger partial charge in [-0.3, -0.25) is 0 Å². The van der Waals surface area contributed by atoms with Crippen LogP contribution in [0.1, 0.15) is 33.1 Å². The molecule has 1 aliphatic heterocycles. The van der Waals surface area contributed by atoms with E-state index in [4.69, 9.17) is 0 Å². The van der Waals surface area contributed by atoms with E-state index in [2.05, 4.69) is 19.2 Å². The van der Waals surface area contributed by atoms with E-state index in [0.29, 0.717) is 5.92 Å². The lowest BCUT2D eigenvalue weighted by molar-refractivity contribution is 0.0662. The zero-order valence-electron chi connectivity index (χ0n) is 8.21. The number of aliphatic hydroxyl groups is 1. The van der Waals surface area contributed by atoms with Gasteiger partial charge in [0.05, 0.1) is 6.10 Å². The molecule has 0 aromatic carbocycles. The molecule has 12 heavy (non-hydrogen) atoms. The molecule has 0 aliphatic carbocycles. The predicted octanol–water partition coefficient (Wildman–Crippen LogP) is 1.39. The van der Waals surface area contributed by atoms with Crippen LogP contribution in [0.2, 0.25) is 0 Å². The van der Waals surface area contributed by atoms with E-state index in [9.17, 15) is 5.11 Å². The summed E-state index contributed by atoms with van der Waals surface area (Å²) in [7, 11) is 0. The quantitative estimate of drug-likeness (QED) is 0.672. The molecule has 3 unspecified atom stereocenters. The van der Waals surface area contributed by atoms with Crippen molar-refractivity contribution in [1.82, 2.24) is 5.32 Å². The summed E-state index contributed by atoms with van der Waals surface area (Å²) in [6.45, 7) is 6.47. The number of hydrogen-bond acceptors (Lipinski definition) is 2. The molecule has 0 radical (unpaired) electrons. The van der Waals surface area contributed by atoms with E-state index < -0.39 is 0 Å². The summed E-state index contributed by atoms with van der Waals surface area (Å²) in [5, 5.41) is 13.0. The minimum Gasteiger partial charge on any atom is -0.393 e. The summed E-state index contributed by atoms with van der Waals surface area (Å²) in [5.41, 5.74) is 0. The van der Waals surface area contributed by atoms with Crippen LogP contribution in [-0.4, -0.2) is 24.3 Å². The molecule has 2 N–H and O–H groups in total. The number of piperidine rings is 1. The normalized spacial score (nSPS) is 33.2. The fourth-order valence-electron chi connectivity index (χ4n) is 1.83. The highest BCUT2D eigenvalue weighted by Gasteiger charge is 2.23. The third kappa shape index (κ3) is 2.76. The maximum absolute atomic E-state index is 9.67. The van der Waals surface area contributed by atoms with Gasteiger partial charge in [-0.1, -0.05) is 20.3 Å². The molecule has 72 valence electrons. The number of rotatable bonds is 3. The summed E-state index contributed by atoms with van der Waals surface area (Å²) in [6.07, 6.45) is 3.27. The zero-order valence-corrected chi connectivity index (χ0v) is 8.21. The average molecular weight is 171 g/mol. The molecule has 0 saturated carbocycles. The Morgan fingerprint density at radius 1 is 1.58 bits per heavy atom. The lowest BCUT2D eigenvalue weighted by Crippen LogP contribution is -2.40. The van der Waals surface area contributed by atoms with Gasteiger partial charge in [-0.05, 0) is 31.2 Å². The summed E-state index contributed by atoms with van der Waals surface area (Å²) < 4.78 is 0. The maximum atomic E-state index is 9.67. The van der Waals surface area contributed by atoms with Crippen molar-refractivity contribution in [2.45, 2.75) is 39.2 Å². The van der Waals surface area contributed by atoms with Crippen LogP contribution in [0.5, 0.6) is 0 Å². The Hall–Kier alpha value is -0.0800. The minimum absolute atomic E-state index is 0.0553. The molecule has 3 atom stereocenters. The maximum Gasteiger partial charge on any atom is 0.0592 e. The van der Waals surface area contributed by atoms with Crippen molar-refractivity contribution in [3.63, 3.8) is 0 Å².